The van der Waals surface area contributed by atoms with E-state index in [0.29, 0.717) is 11.9 Å². The van der Waals surface area contributed by atoms with Crippen molar-refractivity contribution in [2.45, 2.75) is 25.3 Å². The number of nitrogens with zero attached hydrogens (tertiary/aromatic N) is 5. The first kappa shape index (κ1) is 14.9. The zero-order chi connectivity index (χ0) is 15.9. The van der Waals surface area contributed by atoms with Gasteiger partial charge in [-0.15, -0.1) is 0 Å². The fourth-order valence-corrected chi connectivity index (χ4v) is 3.65. The summed E-state index contributed by atoms with van der Waals surface area (Å²) in [4.78, 5) is 28.9. The average Bonchev–Trinajstić information content (AvgIpc) is 2.55. The maximum Gasteiger partial charge on any atom is 0.332 e. The van der Waals surface area contributed by atoms with E-state index in [1.54, 1.807) is 7.05 Å². The van der Waals surface area contributed by atoms with Crippen LogP contribution in [-0.2, 0) is 14.1 Å². The smallest absolute Gasteiger partial charge is 0.332 e. The zero-order valence-electron chi connectivity index (χ0n) is 13.1. The van der Waals surface area contributed by atoms with E-state index < -0.39 is 5.56 Å². The highest BCUT2D eigenvalue weighted by atomic mass is 16.2. The Labute approximate surface area is 129 Å². The van der Waals surface area contributed by atoms with Gasteiger partial charge in [-0.2, -0.15) is 5.26 Å². The molecule has 3 heterocycles. The van der Waals surface area contributed by atoms with E-state index in [1.807, 2.05) is 11.0 Å². The Hall–Kier alpha value is -2.07. The Morgan fingerprint density at radius 3 is 2.59 bits per heavy atom. The van der Waals surface area contributed by atoms with Gasteiger partial charge in [0.1, 0.15) is 11.9 Å². The first-order valence-electron chi connectivity index (χ1n) is 7.73. The van der Waals surface area contributed by atoms with Gasteiger partial charge in [0.15, 0.2) is 5.56 Å². The predicted molar refractivity (Wildman–Crippen MR) is 83.1 cm³/mol. The molecule has 2 saturated heterocycles. The standard InChI is InChI=1S/C15H21N5O2/c1-17-13(12(9-16)14(21)18(2)15(17)22)20-8-7-19-6-4-3-5-11(19)10-20/h11H,3-8,10H2,1-2H3/t11-/m1/s1. The minimum absolute atomic E-state index is 0.0638. The predicted octanol–water partition coefficient (Wildman–Crippen LogP) is -0.370. The van der Waals surface area contributed by atoms with Gasteiger partial charge in [0, 0.05) is 39.8 Å². The molecule has 0 saturated carbocycles. The molecule has 22 heavy (non-hydrogen) atoms. The van der Waals surface area contributed by atoms with E-state index in [0.717, 1.165) is 37.2 Å². The summed E-state index contributed by atoms with van der Waals surface area (Å²) in [6, 6.07) is 2.45. The lowest BCUT2D eigenvalue weighted by molar-refractivity contribution is 0.132. The second-order valence-corrected chi connectivity index (χ2v) is 6.15. The van der Waals surface area contributed by atoms with Crippen LogP contribution in [0.5, 0.6) is 0 Å². The fourth-order valence-electron chi connectivity index (χ4n) is 3.65. The minimum Gasteiger partial charge on any atom is -0.354 e. The van der Waals surface area contributed by atoms with Crippen LogP contribution in [-0.4, -0.2) is 46.3 Å². The van der Waals surface area contributed by atoms with E-state index in [2.05, 4.69) is 4.90 Å². The molecule has 0 radical (unpaired) electrons. The molecule has 7 heteroatoms. The highest BCUT2D eigenvalue weighted by Gasteiger charge is 2.31. The topological polar surface area (TPSA) is 74.3 Å². The molecule has 1 atom stereocenters. The van der Waals surface area contributed by atoms with Crippen LogP contribution in [0.25, 0.3) is 0 Å². The summed E-state index contributed by atoms with van der Waals surface area (Å²) in [6.45, 7) is 3.55. The number of anilines is 1. The van der Waals surface area contributed by atoms with Gasteiger partial charge in [0.05, 0.1) is 0 Å². The molecule has 2 fully saturated rings. The van der Waals surface area contributed by atoms with E-state index in [9.17, 15) is 14.9 Å². The molecule has 0 amide bonds. The average molecular weight is 303 g/mol. The molecule has 0 spiro atoms. The Morgan fingerprint density at radius 1 is 1.09 bits per heavy atom. The van der Waals surface area contributed by atoms with Gasteiger partial charge in [0.25, 0.3) is 5.56 Å². The molecule has 0 unspecified atom stereocenters. The lowest BCUT2D eigenvalue weighted by Gasteiger charge is -2.45. The van der Waals surface area contributed by atoms with Crippen LogP contribution >= 0.6 is 0 Å². The zero-order valence-corrected chi connectivity index (χ0v) is 13.1. The van der Waals surface area contributed by atoms with Crippen molar-refractivity contribution in [1.82, 2.24) is 14.0 Å². The van der Waals surface area contributed by atoms with Crippen LogP contribution in [0, 0.1) is 11.3 Å². The summed E-state index contributed by atoms with van der Waals surface area (Å²) >= 11 is 0. The van der Waals surface area contributed by atoms with Crippen LogP contribution in [0.1, 0.15) is 24.8 Å². The number of nitriles is 1. The van der Waals surface area contributed by atoms with Crippen molar-refractivity contribution < 1.29 is 0 Å². The van der Waals surface area contributed by atoms with Crippen molar-refractivity contribution >= 4 is 5.82 Å². The van der Waals surface area contributed by atoms with Gasteiger partial charge in [-0.25, -0.2) is 4.79 Å². The number of aromatic nitrogens is 2. The third-order valence-corrected chi connectivity index (χ3v) is 4.88. The molecular formula is C15H21N5O2. The van der Waals surface area contributed by atoms with E-state index in [-0.39, 0.29) is 11.3 Å². The van der Waals surface area contributed by atoms with Crippen molar-refractivity contribution in [3.05, 3.63) is 26.4 Å². The number of fused-ring (bicyclic) bond motifs is 1. The second kappa shape index (κ2) is 5.61. The third kappa shape index (κ3) is 2.24. The van der Waals surface area contributed by atoms with Gasteiger partial charge in [-0.3, -0.25) is 18.8 Å². The maximum absolute atomic E-state index is 12.2. The van der Waals surface area contributed by atoms with Crippen molar-refractivity contribution in [3.8, 4) is 6.07 Å². The Bertz CT molecular complexity index is 742. The first-order valence-corrected chi connectivity index (χ1v) is 7.73. The molecule has 1 aromatic heterocycles. The highest BCUT2D eigenvalue weighted by molar-refractivity contribution is 5.54. The van der Waals surface area contributed by atoms with E-state index in [4.69, 9.17) is 0 Å². The van der Waals surface area contributed by atoms with E-state index >= 15 is 0 Å². The molecule has 2 aliphatic rings. The van der Waals surface area contributed by atoms with Crippen molar-refractivity contribution in [2.24, 2.45) is 14.1 Å². The largest absolute Gasteiger partial charge is 0.354 e. The molecule has 118 valence electrons. The molecule has 2 aliphatic heterocycles. The van der Waals surface area contributed by atoms with Gasteiger partial charge >= 0.3 is 5.69 Å². The molecule has 1 aromatic rings. The summed E-state index contributed by atoms with van der Waals surface area (Å²) in [6.07, 6.45) is 3.59. The molecule has 0 aliphatic carbocycles. The fraction of sp³-hybridized carbons (Fsp3) is 0.667. The molecular weight excluding hydrogens is 282 g/mol. The molecule has 0 bridgehead atoms. The van der Waals surface area contributed by atoms with Crippen LogP contribution in [0.15, 0.2) is 9.59 Å². The summed E-state index contributed by atoms with van der Waals surface area (Å²) in [7, 11) is 3.04. The van der Waals surface area contributed by atoms with Crippen LogP contribution in [0.3, 0.4) is 0 Å². The SMILES string of the molecule is Cn1c(N2CCN3CCCC[C@@H]3C2)c(C#N)c(=O)n(C)c1=O. The normalized spacial score (nSPS) is 22.2. The Balaban J connectivity index is 2.04. The van der Waals surface area contributed by atoms with Crippen LogP contribution < -0.4 is 16.1 Å². The van der Waals surface area contributed by atoms with E-state index in [1.165, 1.54) is 24.5 Å². The molecule has 7 nitrogen and oxygen atoms in total. The molecule has 3 rings (SSSR count). The van der Waals surface area contributed by atoms with Crippen LogP contribution in [0.4, 0.5) is 5.82 Å². The lowest BCUT2D eigenvalue weighted by Crippen LogP contribution is -2.56. The number of rotatable bonds is 1. The number of hydrogen-bond acceptors (Lipinski definition) is 5. The van der Waals surface area contributed by atoms with Gasteiger partial charge in [0.2, 0.25) is 0 Å². The van der Waals surface area contributed by atoms with Crippen molar-refractivity contribution in [3.63, 3.8) is 0 Å². The summed E-state index contributed by atoms with van der Waals surface area (Å²) in [5.74, 6) is 0.473. The first-order chi connectivity index (χ1) is 10.5. The maximum atomic E-state index is 12.2. The number of piperidine rings is 1. The van der Waals surface area contributed by atoms with Crippen LogP contribution in [0.2, 0.25) is 0 Å². The third-order valence-electron chi connectivity index (χ3n) is 4.88. The number of hydrogen-bond donors (Lipinski definition) is 0. The molecule has 0 N–H and O–H groups in total. The highest BCUT2D eigenvalue weighted by Crippen LogP contribution is 2.25. The monoisotopic (exact) mass is 303 g/mol. The van der Waals surface area contributed by atoms with Gasteiger partial charge in [-0.05, 0) is 19.4 Å². The van der Waals surface area contributed by atoms with Crippen molar-refractivity contribution in [2.75, 3.05) is 31.1 Å². The van der Waals surface area contributed by atoms with Gasteiger partial charge in [-0.1, -0.05) is 6.42 Å². The Kier molecular flexibility index (Phi) is 3.79. The Morgan fingerprint density at radius 2 is 1.86 bits per heavy atom. The number of piperazine rings is 1. The quantitative estimate of drug-likeness (QED) is 0.708. The van der Waals surface area contributed by atoms with Crippen molar-refractivity contribution in [1.29, 1.82) is 5.26 Å². The minimum atomic E-state index is -0.508. The summed E-state index contributed by atoms with van der Waals surface area (Å²) in [5.41, 5.74) is -0.828. The lowest BCUT2D eigenvalue weighted by atomic mass is 9.99. The molecule has 0 aromatic carbocycles. The summed E-state index contributed by atoms with van der Waals surface area (Å²) < 4.78 is 2.43. The van der Waals surface area contributed by atoms with Gasteiger partial charge < -0.3 is 4.90 Å². The summed E-state index contributed by atoms with van der Waals surface area (Å²) in [5, 5.41) is 9.39. The second-order valence-electron chi connectivity index (χ2n) is 6.15.